The number of furan rings is 1. The Morgan fingerprint density at radius 2 is 0.909 bits per heavy atom. The molecule has 0 spiro atoms. The topological polar surface area (TPSA) is 21.3 Å². The quantitative estimate of drug-likeness (QED) is 0.172. The summed E-state index contributed by atoms with van der Waals surface area (Å²) in [5.41, 5.74) is 13.2. The number of nitrogens with zero attached hydrogens (tertiary/aromatic N) is 2. The Labute approximate surface area is 318 Å². The highest BCUT2D eigenvalue weighted by Crippen LogP contribution is 2.44. The van der Waals surface area contributed by atoms with E-state index in [0.29, 0.717) is 0 Å². The summed E-state index contributed by atoms with van der Waals surface area (Å²) in [6.07, 6.45) is 0. The molecule has 0 radical (unpaired) electrons. The molecule has 0 N–H and O–H groups in total. The maximum Gasteiger partial charge on any atom is 0.159 e. The first-order valence-corrected chi connectivity index (χ1v) is 18.8. The van der Waals surface area contributed by atoms with Crippen LogP contribution in [-0.4, -0.2) is 4.57 Å². The molecular weight excluding hydrogens is 669 g/mol. The molecule has 0 aliphatic heterocycles. The lowest BCUT2D eigenvalue weighted by atomic mass is 10.0. The zero-order valence-corrected chi connectivity index (χ0v) is 29.9. The van der Waals surface area contributed by atoms with Gasteiger partial charge in [-0.3, -0.25) is 0 Å². The van der Waals surface area contributed by atoms with Gasteiger partial charge < -0.3 is 13.9 Å². The molecule has 0 unspecified atom stereocenters. The van der Waals surface area contributed by atoms with Crippen molar-refractivity contribution >= 4 is 71.6 Å². The highest BCUT2D eigenvalue weighted by Gasteiger charge is 2.21. The number of hydrogen-bond donors (Lipinski definition) is 0. The third-order valence-corrected chi connectivity index (χ3v) is 11.0. The number of hydrogen-bond acceptors (Lipinski definition) is 2. The van der Waals surface area contributed by atoms with Crippen LogP contribution in [0.15, 0.2) is 211 Å². The average Bonchev–Trinajstić information content (AvgIpc) is 3.81. The Hall–Kier alpha value is -7.36. The predicted octanol–water partition coefficient (Wildman–Crippen LogP) is 14.6. The molecule has 3 nitrogen and oxygen atoms in total. The number of fused-ring (bicyclic) bond motifs is 8. The van der Waals surface area contributed by atoms with Gasteiger partial charge in [-0.2, -0.15) is 0 Å². The SMILES string of the molecule is c1ccc(-c2ccc(N(c3ccc(-c4ccc5c(c4)c4ccccc4n5-c4ccccc4)cc3)c3cccc4c3oc3c5ccccc5ccc43)cc2)cc1. The largest absolute Gasteiger partial charge is 0.453 e. The van der Waals surface area contributed by atoms with E-state index >= 15 is 0 Å². The maximum absolute atomic E-state index is 6.87. The van der Waals surface area contributed by atoms with Crippen molar-refractivity contribution in [3.63, 3.8) is 0 Å². The van der Waals surface area contributed by atoms with Crippen LogP contribution in [0.4, 0.5) is 17.1 Å². The van der Waals surface area contributed by atoms with Crippen molar-refractivity contribution in [1.29, 1.82) is 0 Å². The second-order valence-electron chi connectivity index (χ2n) is 14.1. The summed E-state index contributed by atoms with van der Waals surface area (Å²) in [7, 11) is 0. The van der Waals surface area contributed by atoms with Crippen molar-refractivity contribution in [3.05, 3.63) is 206 Å². The van der Waals surface area contributed by atoms with Crippen molar-refractivity contribution in [3.8, 4) is 27.9 Å². The fraction of sp³-hybridized carbons (Fsp3) is 0. The van der Waals surface area contributed by atoms with Crippen LogP contribution in [0.1, 0.15) is 0 Å². The third-order valence-electron chi connectivity index (χ3n) is 11.0. The van der Waals surface area contributed by atoms with Gasteiger partial charge >= 0.3 is 0 Å². The molecule has 0 amide bonds. The van der Waals surface area contributed by atoms with E-state index in [4.69, 9.17) is 4.42 Å². The Kier molecular flexibility index (Phi) is 7.17. The third kappa shape index (κ3) is 5.13. The monoisotopic (exact) mass is 702 g/mol. The molecule has 0 fully saturated rings. The minimum absolute atomic E-state index is 0.866. The van der Waals surface area contributed by atoms with Gasteiger partial charge in [0.15, 0.2) is 5.58 Å². The predicted molar refractivity (Wildman–Crippen MR) is 231 cm³/mol. The van der Waals surface area contributed by atoms with E-state index in [1.807, 2.05) is 0 Å². The lowest BCUT2D eigenvalue weighted by Gasteiger charge is -2.26. The van der Waals surface area contributed by atoms with Gasteiger partial charge in [-0.25, -0.2) is 0 Å². The summed E-state index contributed by atoms with van der Waals surface area (Å²) >= 11 is 0. The van der Waals surface area contributed by atoms with E-state index in [2.05, 4.69) is 216 Å². The van der Waals surface area contributed by atoms with Crippen LogP contribution in [0.25, 0.3) is 82.5 Å². The number of benzene rings is 9. The van der Waals surface area contributed by atoms with Crippen LogP contribution < -0.4 is 4.90 Å². The molecule has 0 saturated carbocycles. The lowest BCUT2D eigenvalue weighted by Crippen LogP contribution is -2.10. The zero-order chi connectivity index (χ0) is 36.3. The standard InChI is InChI=1S/C52H34N2O/c1-3-12-35(13-4-1)36-22-28-41(29-23-36)53(50-21-11-19-45-46-32-26-38-14-7-8-17-43(38)51(46)55-52(45)50)42-30-24-37(25-31-42)39-27-33-49-47(34-39)44-18-9-10-20-48(44)54(49)40-15-5-2-6-16-40/h1-34H. The zero-order valence-electron chi connectivity index (χ0n) is 29.9. The molecule has 0 atom stereocenters. The minimum atomic E-state index is 0.866. The van der Waals surface area contributed by atoms with Gasteiger partial charge in [0.25, 0.3) is 0 Å². The van der Waals surface area contributed by atoms with E-state index in [-0.39, 0.29) is 0 Å². The molecule has 3 heteroatoms. The van der Waals surface area contributed by atoms with Crippen LogP contribution in [-0.2, 0) is 0 Å². The van der Waals surface area contributed by atoms with Gasteiger partial charge in [-0.1, -0.05) is 140 Å². The fourth-order valence-electron chi connectivity index (χ4n) is 8.36. The molecule has 0 aliphatic carbocycles. The Morgan fingerprint density at radius 1 is 0.345 bits per heavy atom. The summed E-state index contributed by atoms with van der Waals surface area (Å²) in [6.45, 7) is 0. The Morgan fingerprint density at radius 3 is 1.67 bits per heavy atom. The number of anilines is 3. The summed E-state index contributed by atoms with van der Waals surface area (Å²) in [5.74, 6) is 0. The van der Waals surface area contributed by atoms with Crippen LogP contribution in [0, 0.1) is 0 Å². The summed E-state index contributed by atoms with van der Waals surface area (Å²) in [5, 5.41) is 7.00. The van der Waals surface area contributed by atoms with Gasteiger partial charge in [-0.05, 0) is 94.4 Å². The molecule has 0 saturated heterocycles. The lowest BCUT2D eigenvalue weighted by molar-refractivity contribution is 0.673. The van der Waals surface area contributed by atoms with E-state index in [9.17, 15) is 0 Å². The van der Waals surface area contributed by atoms with Crippen LogP contribution >= 0.6 is 0 Å². The molecule has 0 aliphatic rings. The second-order valence-corrected chi connectivity index (χ2v) is 14.1. The van der Waals surface area contributed by atoms with E-state index in [1.54, 1.807) is 0 Å². The van der Waals surface area contributed by atoms with Gasteiger partial charge in [-0.15, -0.1) is 0 Å². The first-order valence-electron chi connectivity index (χ1n) is 18.8. The summed E-state index contributed by atoms with van der Waals surface area (Å²) < 4.78 is 9.23. The number of rotatable bonds is 6. The maximum atomic E-state index is 6.87. The van der Waals surface area contributed by atoms with Gasteiger partial charge in [0.05, 0.1) is 16.7 Å². The van der Waals surface area contributed by atoms with Crippen LogP contribution in [0.3, 0.4) is 0 Å². The molecule has 11 rings (SSSR count). The normalized spacial score (nSPS) is 11.6. The van der Waals surface area contributed by atoms with Crippen molar-refractivity contribution in [2.24, 2.45) is 0 Å². The van der Waals surface area contributed by atoms with Crippen molar-refractivity contribution in [2.75, 3.05) is 4.90 Å². The number of aromatic nitrogens is 1. The molecule has 9 aromatic carbocycles. The minimum Gasteiger partial charge on any atom is -0.453 e. The average molecular weight is 703 g/mol. The van der Waals surface area contributed by atoms with Crippen molar-refractivity contribution in [2.45, 2.75) is 0 Å². The molecule has 2 aromatic heterocycles. The molecule has 258 valence electrons. The highest BCUT2D eigenvalue weighted by molar-refractivity contribution is 6.17. The van der Waals surface area contributed by atoms with Crippen molar-refractivity contribution < 1.29 is 4.42 Å². The molecule has 11 aromatic rings. The van der Waals surface area contributed by atoms with Gasteiger partial charge in [0.2, 0.25) is 0 Å². The smallest absolute Gasteiger partial charge is 0.159 e. The number of para-hydroxylation sites is 3. The van der Waals surface area contributed by atoms with Gasteiger partial charge in [0.1, 0.15) is 5.58 Å². The molecule has 2 heterocycles. The first kappa shape index (κ1) is 31.2. The summed E-state index contributed by atoms with van der Waals surface area (Å²) in [6, 6.07) is 73.8. The Bertz CT molecular complexity index is 3180. The van der Waals surface area contributed by atoms with Gasteiger partial charge in [0, 0.05) is 44.0 Å². The fourth-order valence-corrected chi connectivity index (χ4v) is 8.36. The summed E-state index contributed by atoms with van der Waals surface area (Å²) in [4.78, 5) is 2.32. The van der Waals surface area contributed by atoms with Crippen molar-refractivity contribution in [1.82, 2.24) is 4.57 Å². The molecular formula is C52H34N2O. The van der Waals surface area contributed by atoms with E-state index < -0.39 is 0 Å². The molecule has 0 bridgehead atoms. The Balaban J connectivity index is 1.05. The van der Waals surface area contributed by atoms with E-state index in [0.717, 1.165) is 55.6 Å². The second kappa shape index (κ2) is 12.6. The highest BCUT2D eigenvalue weighted by atomic mass is 16.3. The first-order chi connectivity index (χ1) is 27.3. The van der Waals surface area contributed by atoms with Crippen LogP contribution in [0.2, 0.25) is 0 Å². The molecule has 55 heavy (non-hydrogen) atoms. The van der Waals surface area contributed by atoms with Crippen LogP contribution in [0.5, 0.6) is 0 Å². The van der Waals surface area contributed by atoms with E-state index in [1.165, 1.54) is 43.9 Å².